The molecule has 0 aromatic heterocycles. The Morgan fingerprint density at radius 3 is 2.07 bits per heavy atom. The molecule has 0 fully saturated rings. The summed E-state index contributed by atoms with van der Waals surface area (Å²) in [6.45, 7) is 6.77. The molecule has 0 bridgehead atoms. The molecule has 0 aliphatic heterocycles. The zero-order valence-electron chi connectivity index (χ0n) is 15.9. The van der Waals surface area contributed by atoms with Gasteiger partial charge in [-0.2, -0.15) is 13.2 Å². The first-order valence-electron chi connectivity index (χ1n) is 8.98. The number of rotatable bonds is 7. The van der Waals surface area contributed by atoms with Crippen molar-refractivity contribution in [3.05, 3.63) is 70.8 Å². The molecule has 0 saturated carbocycles. The van der Waals surface area contributed by atoms with E-state index in [9.17, 15) is 18.0 Å². The second-order valence-corrected chi connectivity index (χ2v) is 6.47. The monoisotopic (exact) mass is 378 g/mol. The Balaban J connectivity index is 2.10. The molecular weight excluding hydrogens is 353 g/mol. The number of hydrogen-bond acceptors (Lipinski definition) is 2. The third-order valence-electron chi connectivity index (χ3n) is 4.58. The first-order chi connectivity index (χ1) is 12.8. The fraction of sp³-hybridized carbons (Fsp3) is 0.381. The second-order valence-electron chi connectivity index (χ2n) is 6.47. The molecule has 0 N–H and O–H groups in total. The van der Waals surface area contributed by atoms with Crippen molar-refractivity contribution in [1.29, 1.82) is 0 Å². The van der Waals surface area contributed by atoms with Crippen molar-refractivity contribution in [2.45, 2.75) is 33.1 Å². The van der Waals surface area contributed by atoms with Gasteiger partial charge in [0.25, 0.3) is 5.91 Å². The van der Waals surface area contributed by atoms with E-state index in [1.165, 1.54) is 24.1 Å². The SMILES string of the molecule is CCN(CC)Cc1ccc(C(=O)N(C)Cc2ccccc2C(F)(F)F)cc1. The minimum atomic E-state index is -4.44. The lowest BCUT2D eigenvalue weighted by atomic mass is 10.1. The normalized spacial score (nSPS) is 11.7. The van der Waals surface area contributed by atoms with Gasteiger partial charge in [0.2, 0.25) is 0 Å². The van der Waals surface area contributed by atoms with Gasteiger partial charge in [-0.25, -0.2) is 0 Å². The van der Waals surface area contributed by atoms with Crippen LogP contribution < -0.4 is 0 Å². The van der Waals surface area contributed by atoms with Gasteiger partial charge in [0.15, 0.2) is 0 Å². The summed E-state index contributed by atoms with van der Waals surface area (Å²) >= 11 is 0. The van der Waals surface area contributed by atoms with E-state index in [4.69, 9.17) is 0 Å². The molecule has 0 unspecified atom stereocenters. The smallest absolute Gasteiger partial charge is 0.337 e. The van der Waals surface area contributed by atoms with E-state index >= 15 is 0 Å². The summed E-state index contributed by atoms with van der Waals surface area (Å²) < 4.78 is 39.4. The Morgan fingerprint density at radius 2 is 1.52 bits per heavy atom. The number of amides is 1. The third kappa shape index (κ3) is 5.57. The molecule has 0 saturated heterocycles. The topological polar surface area (TPSA) is 23.6 Å². The van der Waals surface area contributed by atoms with Crippen LogP contribution in [-0.4, -0.2) is 35.8 Å². The second kappa shape index (κ2) is 9.04. The lowest BCUT2D eigenvalue weighted by molar-refractivity contribution is -0.138. The summed E-state index contributed by atoms with van der Waals surface area (Å²) in [6.07, 6.45) is -4.44. The van der Waals surface area contributed by atoms with Crippen LogP contribution >= 0.6 is 0 Å². The van der Waals surface area contributed by atoms with Crippen LogP contribution in [0.3, 0.4) is 0 Å². The van der Waals surface area contributed by atoms with Crippen LogP contribution in [0.5, 0.6) is 0 Å². The van der Waals surface area contributed by atoms with E-state index < -0.39 is 11.7 Å². The lowest BCUT2D eigenvalue weighted by Gasteiger charge is -2.21. The predicted molar refractivity (Wildman–Crippen MR) is 100 cm³/mol. The molecule has 27 heavy (non-hydrogen) atoms. The molecule has 0 spiro atoms. The molecule has 3 nitrogen and oxygen atoms in total. The average Bonchev–Trinajstić information content (AvgIpc) is 2.65. The van der Waals surface area contributed by atoms with Gasteiger partial charge in [-0.1, -0.05) is 44.2 Å². The maximum atomic E-state index is 13.1. The first-order valence-corrected chi connectivity index (χ1v) is 8.98. The van der Waals surface area contributed by atoms with Gasteiger partial charge in [-0.05, 0) is 42.4 Å². The third-order valence-corrected chi connectivity index (χ3v) is 4.58. The molecule has 0 aliphatic rings. The average molecular weight is 378 g/mol. The number of carbonyl (C=O) groups is 1. The molecule has 146 valence electrons. The summed E-state index contributed by atoms with van der Waals surface area (Å²) in [5, 5.41) is 0. The number of carbonyl (C=O) groups excluding carboxylic acids is 1. The van der Waals surface area contributed by atoms with Gasteiger partial charge < -0.3 is 4.90 Å². The molecule has 1 amide bonds. The van der Waals surface area contributed by atoms with Crippen LogP contribution in [0.1, 0.15) is 40.9 Å². The maximum Gasteiger partial charge on any atom is 0.416 e. The Hall–Kier alpha value is -2.34. The van der Waals surface area contributed by atoms with E-state index in [-0.39, 0.29) is 18.0 Å². The fourth-order valence-corrected chi connectivity index (χ4v) is 2.94. The highest BCUT2D eigenvalue weighted by molar-refractivity contribution is 5.94. The fourth-order valence-electron chi connectivity index (χ4n) is 2.94. The van der Waals surface area contributed by atoms with Gasteiger partial charge in [0, 0.05) is 25.7 Å². The van der Waals surface area contributed by atoms with Crippen molar-refractivity contribution < 1.29 is 18.0 Å². The highest BCUT2D eigenvalue weighted by Crippen LogP contribution is 2.32. The van der Waals surface area contributed by atoms with Crippen LogP contribution in [0, 0.1) is 0 Å². The van der Waals surface area contributed by atoms with E-state index in [2.05, 4.69) is 18.7 Å². The molecule has 6 heteroatoms. The van der Waals surface area contributed by atoms with Gasteiger partial charge in [-0.15, -0.1) is 0 Å². The van der Waals surface area contributed by atoms with Crippen LogP contribution in [-0.2, 0) is 19.3 Å². The quantitative estimate of drug-likeness (QED) is 0.690. The lowest BCUT2D eigenvalue weighted by Crippen LogP contribution is -2.27. The number of alkyl halides is 3. The zero-order valence-corrected chi connectivity index (χ0v) is 15.9. The Bertz CT molecular complexity index is 753. The molecule has 0 radical (unpaired) electrons. The summed E-state index contributed by atoms with van der Waals surface area (Å²) in [7, 11) is 1.51. The van der Waals surface area contributed by atoms with Crippen molar-refractivity contribution >= 4 is 5.91 Å². The van der Waals surface area contributed by atoms with Crippen molar-refractivity contribution in [3.63, 3.8) is 0 Å². The van der Waals surface area contributed by atoms with Gasteiger partial charge >= 0.3 is 6.18 Å². The van der Waals surface area contributed by atoms with Crippen LogP contribution in [0.15, 0.2) is 48.5 Å². The van der Waals surface area contributed by atoms with E-state index in [0.717, 1.165) is 31.3 Å². The summed E-state index contributed by atoms with van der Waals surface area (Å²) in [4.78, 5) is 16.2. The molecule has 0 heterocycles. The Labute approximate surface area is 158 Å². The predicted octanol–water partition coefficient (Wildman–Crippen LogP) is 4.82. The molecule has 2 aromatic carbocycles. The molecule has 0 atom stereocenters. The van der Waals surface area contributed by atoms with Crippen LogP contribution in [0.25, 0.3) is 0 Å². The Kier molecular flexibility index (Phi) is 7.02. The van der Waals surface area contributed by atoms with Gasteiger partial charge in [0.1, 0.15) is 0 Å². The van der Waals surface area contributed by atoms with E-state index in [0.29, 0.717) is 5.56 Å². The Morgan fingerprint density at radius 1 is 0.926 bits per heavy atom. The summed E-state index contributed by atoms with van der Waals surface area (Å²) in [5.41, 5.74) is 0.934. The largest absolute Gasteiger partial charge is 0.416 e. The first kappa shape index (κ1) is 21.0. The summed E-state index contributed by atoms with van der Waals surface area (Å²) in [5.74, 6) is -0.304. The number of halogens is 3. The standard InChI is InChI=1S/C21H25F3N2O/c1-4-26(5-2)14-16-10-12-17(13-11-16)20(27)25(3)15-18-8-6-7-9-19(18)21(22,23)24/h6-13H,4-5,14-15H2,1-3H3. The summed E-state index contributed by atoms with van der Waals surface area (Å²) in [6, 6.07) is 12.6. The van der Waals surface area contributed by atoms with Crippen LogP contribution in [0.2, 0.25) is 0 Å². The highest BCUT2D eigenvalue weighted by Gasteiger charge is 2.33. The van der Waals surface area contributed by atoms with Crippen molar-refractivity contribution in [2.75, 3.05) is 20.1 Å². The van der Waals surface area contributed by atoms with Crippen molar-refractivity contribution in [3.8, 4) is 0 Å². The molecule has 0 aliphatic carbocycles. The number of nitrogens with zero attached hydrogens (tertiary/aromatic N) is 2. The number of hydrogen-bond donors (Lipinski definition) is 0. The minimum Gasteiger partial charge on any atom is -0.337 e. The zero-order chi connectivity index (χ0) is 20.0. The van der Waals surface area contributed by atoms with E-state index in [1.807, 2.05) is 12.1 Å². The number of benzene rings is 2. The molecular formula is C21H25F3N2O. The maximum absolute atomic E-state index is 13.1. The van der Waals surface area contributed by atoms with Gasteiger partial charge in [0.05, 0.1) is 5.56 Å². The molecule has 2 rings (SSSR count). The van der Waals surface area contributed by atoms with Crippen LogP contribution in [0.4, 0.5) is 13.2 Å². The highest BCUT2D eigenvalue weighted by atomic mass is 19.4. The van der Waals surface area contributed by atoms with Crippen molar-refractivity contribution in [1.82, 2.24) is 9.80 Å². The molecule has 2 aromatic rings. The van der Waals surface area contributed by atoms with E-state index in [1.54, 1.807) is 18.2 Å². The van der Waals surface area contributed by atoms with Crippen molar-refractivity contribution in [2.24, 2.45) is 0 Å². The van der Waals surface area contributed by atoms with Gasteiger partial charge in [-0.3, -0.25) is 9.69 Å². The minimum absolute atomic E-state index is 0.0824.